The Bertz CT molecular complexity index is 554. The van der Waals surface area contributed by atoms with Crippen LogP contribution in [-0.4, -0.2) is 39.9 Å². The first-order chi connectivity index (χ1) is 9.25. The van der Waals surface area contributed by atoms with Crippen molar-refractivity contribution in [1.29, 1.82) is 0 Å². The number of aliphatic hydroxyl groups is 1. The molecule has 0 radical (unpaired) electrons. The van der Waals surface area contributed by atoms with Crippen molar-refractivity contribution in [1.82, 2.24) is 4.72 Å². The molecule has 0 aliphatic rings. The van der Waals surface area contributed by atoms with Gasteiger partial charge in [-0.2, -0.15) is 0 Å². The Morgan fingerprint density at radius 1 is 1.30 bits per heavy atom. The van der Waals surface area contributed by atoms with Crippen molar-refractivity contribution in [3.8, 4) is 5.75 Å². The maximum absolute atomic E-state index is 12.3. The lowest BCUT2D eigenvalue weighted by molar-refractivity contribution is 0.0276. The van der Waals surface area contributed by atoms with Crippen molar-refractivity contribution < 1.29 is 23.0 Å². The highest BCUT2D eigenvalue weighted by atomic mass is 32.2. The van der Waals surface area contributed by atoms with Gasteiger partial charge in [0, 0.05) is 13.7 Å². The predicted octanol–water partition coefficient (Wildman–Crippen LogP) is 0.891. The fourth-order valence-corrected chi connectivity index (χ4v) is 2.86. The van der Waals surface area contributed by atoms with Gasteiger partial charge in [-0.15, -0.1) is 0 Å². The number of hydrogen-bond acceptors (Lipinski definition) is 5. The van der Waals surface area contributed by atoms with Gasteiger partial charge in [0.25, 0.3) is 0 Å². The first kappa shape index (κ1) is 16.9. The van der Waals surface area contributed by atoms with E-state index in [1.807, 2.05) is 0 Å². The molecule has 0 saturated carbocycles. The van der Waals surface area contributed by atoms with Crippen LogP contribution in [0.5, 0.6) is 5.75 Å². The third kappa shape index (κ3) is 4.17. The molecule has 0 fully saturated rings. The Kier molecular flexibility index (Phi) is 5.52. The Labute approximate surface area is 119 Å². The molecule has 114 valence electrons. The molecule has 0 amide bonds. The molecule has 0 aromatic heterocycles. The summed E-state index contributed by atoms with van der Waals surface area (Å²) < 4.78 is 37.3. The number of sulfonamides is 1. The summed E-state index contributed by atoms with van der Waals surface area (Å²) in [5.74, 6) is 0.227. The summed E-state index contributed by atoms with van der Waals surface area (Å²) in [5.41, 5.74) is -0.119. The second kappa shape index (κ2) is 6.53. The van der Waals surface area contributed by atoms with E-state index in [0.29, 0.717) is 5.56 Å². The van der Waals surface area contributed by atoms with E-state index in [1.165, 1.54) is 26.4 Å². The normalized spacial score (nSPS) is 12.4. The van der Waals surface area contributed by atoms with E-state index in [9.17, 15) is 8.42 Å². The van der Waals surface area contributed by atoms with E-state index in [0.717, 1.165) is 0 Å². The Balaban J connectivity index is 3.08. The van der Waals surface area contributed by atoms with Gasteiger partial charge in [-0.25, -0.2) is 13.1 Å². The molecule has 0 heterocycles. The molecule has 0 spiro atoms. The molecule has 2 N–H and O–H groups in total. The van der Waals surface area contributed by atoms with Crippen LogP contribution < -0.4 is 9.46 Å². The average molecular weight is 303 g/mol. The molecular weight excluding hydrogens is 282 g/mol. The minimum Gasteiger partial charge on any atom is -0.495 e. The van der Waals surface area contributed by atoms with Crippen LogP contribution >= 0.6 is 0 Å². The lowest BCUT2D eigenvalue weighted by Gasteiger charge is -2.23. The number of benzene rings is 1. The molecule has 1 aromatic carbocycles. The summed E-state index contributed by atoms with van der Waals surface area (Å²) >= 11 is 0. The summed E-state index contributed by atoms with van der Waals surface area (Å²) in [7, 11) is -0.835. The van der Waals surface area contributed by atoms with Gasteiger partial charge < -0.3 is 14.6 Å². The summed E-state index contributed by atoms with van der Waals surface area (Å²) in [6.07, 6.45) is 0. The first-order valence-electron chi connectivity index (χ1n) is 6.08. The number of hydrogen-bond donors (Lipinski definition) is 2. The van der Waals surface area contributed by atoms with E-state index in [1.54, 1.807) is 19.9 Å². The van der Waals surface area contributed by atoms with E-state index >= 15 is 0 Å². The number of nitrogens with one attached hydrogen (secondary N) is 1. The highest BCUT2D eigenvalue weighted by molar-refractivity contribution is 7.89. The topological polar surface area (TPSA) is 84.9 Å². The third-order valence-corrected chi connectivity index (χ3v) is 4.36. The molecule has 1 aromatic rings. The monoisotopic (exact) mass is 303 g/mol. The third-order valence-electron chi connectivity index (χ3n) is 2.94. The van der Waals surface area contributed by atoms with E-state index in [2.05, 4.69) is 4.72 Å². The van der Waals surface area contributed by atoms with Crippen LogP contribution in [0.25, 0.3) is 0 Å². The van der Waals surface area contributed by atoms with Gasteiger partial charge in [0.2, 0.25) is 10.0 Å². The zero-order valence-electron chi connectivity index (χ0n) is 12.1. The molecular formula is C13H21NO5S. The number of rotatable bonds is 7. The Morgan fingerprint density at radius 2 is 1.95 bits per heavy atom. The van der Waals surface area contributed by atoms with Gasteiger partial charge in [-0.1, -0.05) is 6.07 Å². The van der Waals surface area contributed by atoms with Gasteiger partial charge in [0.05, 0.1) is 19.3 Å². The number of aliphatic hydroxyl groups excluding tert-OH is 1. The van der Waals surface area contributed by atoms with E-state index in [-0.39, 0.29) is 23.8 Å². The van der Waals surface area contributed by atoms with Crippen LogP contribution in [0, 0.1) is 0 Å². The van der Waals surface area contributed by atoms with E-state index < -0.39 is 15.6 Å². The number of methoxy groups -OCH3 is 2. The van der Waals surface area contributed by atoms with Crippen molar-refractivity contribution in [3.63, 3.8) is 0 Å². The summed E-state index contributed by atoms with van der Waals surface area (Å²) in [6.45, 7) is 3.43. The molecule has 0 aliphatic carbocycles. The van der Waals surface area contributed by atoms with Crippen LogP contribution in [0.15, 0.2) is 23.1 Å². The van der Waals surface area contributed by atoms with Gasteiger partial charge >= 0.3 is 0 Å². The standard InChI is InChI=1S/C13H21NO5S/c1-13(2,19-4)9-14-20(16,17)12-7-10(8-15)5-6-11(12)18-3/h5-7,14-15H,8-9H2,1-4H3. The average Bonchev–Trinajstić information content (AvgIpc) is 2.44. The second-order valence-corrected chi connectivity index (χ2v) is 6.67. The van der Waals surface area contributed by atoms with Crippen LogP contribution in [-0.2, 0) is 21.4 Å². The van der Waals surface area contributed by atoms with Crippen LogP contribution in [0.1, 0.15) is 19.4 Å². The quantitative estimate of drug-likeness (QED) is 0.781. The SMILES string of the molecule is COc1ccc(CO)cc1S(=O)(=O)NCC(C)(C)OC. The van der Waals surface area contributed by atoms with Gasteiger partial charge in [0.15, 0.2) is 0 Å². The van der Waals surface area contributed by atoms with Crippen molar-refractivity contribution >= 4 is 10.0 Å². The number of ether oxygens (including phenoxy) is 2. The predicted molar refractivity (Wildman–Crippen MR) is 75.2 cm³/mol. The second-order valence-electron chi connectivity index (χ2n) is 4.93. The maximum Gasteiger partial charge on any atom is 0.244 e. The fourth-order valence-electron chi connectivity index (χ4n) is 1.45. The molecule has 0 aliphatic heterocycles. The van der Waals surface area contributed by atoms with Gasteiger partial charge in [-0.05, 0) is 31.5 Å². The minimum absolute atomic E-state index is 0.00143. The molecule has 1 rings (SSSR count). The highest BCUT2D eigenvalue weighted by Gasteiger charge is 2.24. The van der Waals surface area contributed by atoms with Crippen molar-refractivity contribution in [2.24, 2.45) is 0 Å². The van der Waals surface area contributed by atoms with Crippen molar-refractivity contribution in [2.45, 2.75) is 31.0 Å². The van der Waals surface area contributed by atoms with Crippen LogP contribution in [0.3, 0.4) is 0 Å². The molecule has 0 bridgehead atoms. The molecule has 0 unspecified atom stereocenters. The van der Waals surface area contributed by atoms with E-state index in [4.69, 9.17) is 14.6 Å². The Hall–Kier alpha value is -1.15. The largest absolute Gasteiger partial charge is 0.495 e. The molecule has 0 saturated heterocycles. The minimum atomic E-state index is -3.75. The zero-order chi connectivity index (χ0) is 15.4. The molecule has 20 heavy (non-hydrogen) atoms. The lowest BCUT2D eigenvalue weighted by atomic mass is 10.1. The van der Waals surface area contributed by atoms with Gasteiger partial charge in [-0.3, -0.25) is 0 Å². The summed E-state index contributed by atoms with van der Waals surface area (Å²) in [6, 6.07) is 4.51. The fraction of sp³-hybridized carbons (Fsp3) is 0.538. The molecule has 0 atom stereocenters. The van der Waals surface area contributed by atoms with Crippen molar-refractivity contribution in [3.05, 3.63) is 23.8 Å². The first-order valence-corrected chi connectivity index (χ1v) is 7.56. The maximum atomic E-state index is 12.3. The molecule has 7 heteroatoms. The smallest absolute Gasteiger partial charge is 0.244 e. The summed E-state index contributed by atoms with van der Waals surface area (Å²) in [5, 5.41) is 9.11. The van der Waals surface area contributed by atoms with Crippen molar-refractivity contribution in [2.75, 3.05) is 20.8 Å². The lowest BCUT2D eigenvalue weighted by Crippen LogP contribution is -2.39. The van der Waals surface area contributed by atoms with Crippen LogP contribution in [0.4, 0.5) is 0 Å². The zero-order valence-corrected chi connectivity index (χ0v) is 13.0. The Morgan fingerprint density at radius 3 is 2.45 bits per heavy atom. The van der Waals surface area contributed by atoms with Gasteiger partial charge in [0.1, 0.15) is 10.6 Å². The summed E-state index contributed by atoms with van der Waals surface area (Å²) in [4.78, 5) is -0.00143. The van der Waals surface area contributed by atoms with Crippen LogP contribution in [0.2, 0.25) is 0 Å². The highest BCUT2D eigenvalue weighted by Crippen LogP contribution is 2.25. The molecule has 6 nitrogen and oxygen atoms in total.